The van der Waals surface area contributed by atoms with Crippen LogP contribution in [0.3, 0.4) is 0 Å². The van der Waals surface area contributed by atoms with Crippen LogP contribution in [0, 0.1) is 0 Å². The fourth-order valence-corrected chi connectivity index (χ4v) is 2.66. The zero-order valence-electron chi connectivity index (χ0n) is 14.3. The average molecular weight is 318 g/mol. The molecule has 1 aliphatic rings. The molecule has 3 N–H and O–H groups in total. The van der Waals surface area contributed by atoms with Crippen molar-refractivity contribution in [3.8, 4) is 0 Å². The van der Waals surface area contributed by atoms with Crippen molar-refractivity contribution in [1.29, 1.82) is 0 Å². The molecule has 1 aliphatic carbocycles. The summed E-state index contributed by atoms with van der Waals surface area (Å²) in [5.41, 5.74) is 2.60. The molecule has 0 aliphatic heterocycles. The third-order valence-electron chi connectivity index (χ3n) is 4.34. The molecule has 126 valence electrons. The van der Waals surface area contributed by atoms with Crippen molar-refractivity contribution < 1.29 is 14.5 Å². The molecular weight excluding hydrogens is 290 g/mol. The summed E-state index contributed by atoms with van der Waals surface area (Å²) >= 11 is 0. The second-order valence-corrected chi connectivity index (χ2v) is 6.63. The molecule has 1 unspecified atom stereocenters. The van der Waals surface area contributed by atoms with Gasteiger partial charge in [0, 0.05) is 25.5 Å². The summed E-state index contributed by atoms with van der Waals surface area (Å²) in [7, 11) is 1.57. The van der Waals surface area contributed by atoms with E-state index in [1.165, 1.54) is 28.9 Å². The molecule has 1 aromatic rings. The highest BCUT2D eigenvalue weighted by atomic mass is 16.2. The van der Waals surface area contributed by atoms with Gasteiger partial charge in [-0.15, -0.1) is 0 Å². The Kier molecular flexibility index (Phi) is 6.16. The smallest absolute Gasteiger partial charge is 0.275 e. The average Bonchev–Trinajstić information content (AvgIpc) is 3.37. The van der Waals surface area contributed by atoms with Gasteiger partial charge in [0.05, 0.1) is 12.6 Å². The van der Waals surface area contributed by atoms with Gasteiger partial charge in [0.1, 0.15) is 6.54 Å². The van der Waals surface area contributed by atoms with Crippen LogP contribution in [0.2, 0.25) is 0 Å². The largest absolute Gasteiger partial charge is 0.358 e. The highest BCUT2D eigenvalue weighted by Crippen LogP contribution is 2.17. The number of carbonyl (C=O) groups is 2. The number of benzene rings is 1. The zero-order chi connectivity index (χ0) is 16.8. The first-order chi connectivity index (χ1) is 11.0. The van der Waals surface area contributed by atoms with E-state index in [0.29, 0.717) is 18.5 Å². The fraction of sp³-hybridized carbons (Fsp3) is 0.556. The minimum absolute atomic E-state index is 0.0519. The maximum absolute atomic E-state index is 12.0. The molecule has 1 saturated carbocycles. The predicted octanol–water partition coefficient (Wildman–Crippen LogP) is 0.220. The van der Waals surface area contributed by atoms with Crippen LogP contribution in [0.25, 0.3) is 0 Å². The van der Waals surface area contributed by atoms with Crippen molar-refractivity contribution in [3.05, 3.63) is 35.4 Å². The number of amides is 2. The summed E-state index contributed by atoms with van der Waals surface area (Å²) in [5, 5.41) is 5.19. The van der Waals surface area contributed by atoms with Crippen LogP contribution in [-0.2, 0) is 16.1 Å². The Morgan fingerprint density at radius 1 is 1.17 bits per heavy atom. The second kappa shape index (κ2) is 8.11. The Hall–Kier alpha value is -1.88. The summed E-state index contributed by atoms with van der Waals surface area (Å²) in [5.74, 6) is 0.302. The number of hydrogen-bond donors (Lipinski definition) is 3. The molecule has 5 heteroatoms. The van der Waals surface area contributed by atoms with E-state index in [2.05, 4.69) is 48.7 Å². The van der Waals surface area contributed by atoms with Gasteiger partial charge in [-0.25, -0.2) is 0 Å². The van der Waals surface area contributed by atoms with Gasteiger partial charge in [-0.1, -0.05) is 38.1 Å². The van der Waals surface area contributed by atoms with Crippen LogP contribution < -0.4 is 15.5 Å². The van der Waals surface area contributed by atoms with Gasteiger partial charge >= 0.3 is 0 Å². The quantitative estimate of drug-likeness (QED) is 0.642. The first-order valence-corrected chi connectivity index (χ1v) is 8.40. The summed E-state index contributed by atoms with van der Waals surface area (Å²) in [4.78, 5) is 24.5. The molecule has 23 heavy (non-hydrogen) atoms. The van der Waals surface area contributed by atoms with Crippen molar-refractivity contribution in [2.75, 3.05) is 20.1 Å². The Morgan fingerprint density at radius 3 is 2.35 bits per heavy atom. The molecule has 2 amide bonds. The summed E-state index contributed by atoms with van der Waals surface area (Å²) in [6, 6.07) is 9.26. The monoisotopic (exact) mass is 318 g/mol. The van der Waals surface area contributed by atoms with E-state index >= 15 is 0 Å². The SMILES string of the molecule is CNC(=O)CNC(=O)C[NH+](Cc1ccc(C(C)C)cc1)C1CC1. The molecule has 0 radical (unpaired) electrons. The van der Waals surface area contributed by atoms with Gasteiger partial charge in [-0.3, -0.25) is 9.59 Å². The van der Waals surface area contributed by atoms with Gasteiger partial charge in [0.15, 0.2) is 6.54 Å². The van der Waals surface area contributed by atoms with E-state index < -0.39 is 0 Å². The fourth-order valence-electron chi connectivity index (χ4n) is 2.66. The van der Waals surface area contributed by atoms with Crippen LogP contribution >= 0.6 is 0 Å². The van der Waals surface area contributed by atoms with Crippen LogP contribution in [0.5, 0.6) is 0 Å². The Balaban J connectivity index is 1.88. The lowest BCUT2D eigenvalue weighted by Gasteiger charge is -2.19. The lowest BCUT2D eigenvalue weighted by Crippen LogP contribution is -3.13. The molecule has 5 nitrogen and oxygen atoms in total. The van der Waals surface area contributed by atoms with E-state index in [9.17, 15) is 9.59 Å². The van der Waals surface area contributed by atoms with Gasteiger partial charge < -0.3 is 15.5 Å². The Bertz CT molecular complexity index is 536. The van der Waals surface area contributed by atoms with Crippen molar-refractivity contribution >= 4 is 11.8 Å². The summed E-state index contributed by atoms with van der Waals surface area (Å²) < 4.78 is 0. The topological polar surface area (TPSA) is 62.6 Å². The van der Waals surface area contributed by atoms with Crippen molar-refractivity contribution in [3.63, 3.8) is 0 Å². The van der Waals surface area contributed by atoms with Crippen molar-refractivity contribution in [2.24, 2.45) is 0 Å². The number of carbonyl (C=O) groups excluding carboxylic acids is 2. The molecule has 1 atom stereocenters. The normalized spacial score (nSPS) is 15.3. The van der Waals surface area contributed by atoms with E-state index in [4.69, 9.17) is 0 Å². The van der Waals surface area contributed by atoms with Crippen LogP contribution in [0.4, 0.5) is 0 Å². The molecule has 2 rings (SSSR count). The van der Waals surface area contributed by atoms with Crippen LogP contribution in [-0.4, -0.2) is 38.0 Å². The van der Waals surface area contributed by atoms with E-state index in [1.807, 2.05) is 0 Å². The predicted molar refractivity (Wildman–Crippen MR) is 90.2 cm³/mol. The van der Waals surface area contributed by atoms with Gasteiger partial charge in [0.25, 0.3) is 5.91 Å². The van der Waals surface area contributed by atoms with Crippen molar-refractivity contribution in [2.45, 2.75) is 45.2 Å². The minimum Gasteiger partial charge on any atom is -0.358 e. The maximum Gasteiger partial charge on any atom is 0.275 e. The molecule has 0 bridgehead atoms. The molecule has 0 saturated heterocycles. The molecule has 0 aromatic heterocycles. The van der Waals surface area contributed by atoms with Crippen molar-refractivity contribution in [1.82, 2.24) is 10.6 Å². The molecule has 1 fully saturated rings. The molecule has 0 heterocycles. The minimum atomic E-state index is -0.171. The van der Waals surface area contributed by atoms with Crippen LogP contribution in [0.15, 0.2) is 24.3 Å². The highest BCUT2D eigenvalue weighted by Gasteiger charge is 2.34. The molecule has 1 aromatic carbocycles. The van der Waals surface area contributed by atoms with E-state index in [1.54, 1.807) is 7.05 Å². The van der Waals surface area contributed by atoms with Gasteiger partial charge in [0.2, 0.25) is 5.91 Å². The highest BCUT2D eigenvalue weighted by molar-refractivity contribution is 5.84. The number of rotatable bonds is 8. The Labute approximate surface area is 138 Å². The number of hydrogen-bond acceptors (Lipinski definition) is 2. The third-order valence-corrected chi connectivity index (χ3v) is 4.34. The van der Waals surface area contributed by atoms with E-state index in [0.717, 1.165) is 6.54 Å². The number of nitrogens with one attached hydrogen (secondary N) is 3. The summed E-state index contributed by atoms with van der Waals surface area (Å²) in [6.07, 6.45) is 2.37. The van der Waals surface area contributed by atoms with Crippen LogP contribution in [0.1, 0.15) is 43.7 Å². The number of likely N-dealkylation sites (N-methyl/N-ethyl adjacent to an activating group) is 1. The first-order valence-electron chi connectivity index (χ1n) is 8.40. The summed E-state index contributed by atoms with van der Waals surface area (Å²) in [6.45, 7) is 5.71. The van der Waals surface area contributed by atoms with Gasteiger partial charge in [-0.2, -0.15) is 0 Å². The van der Waals surface area contributed by atoms with Gasteiger partial charge in [-0.05, 0) is 11.5 Å². The maximum atomic E-state index is 12.0. The standard InChI is InChI=1S/C18H27N3O2/c1-13(2)15-6-4-14(5-7-15)11-21(16-8-9-16)12-18(23)20-10-17(22)19-3/h4-7,13,16H,8-12H2,1-3H3,(H,19,22)(H,20,23)/p+1. The first kappa shape index (κ1) is 17.5. The zero-order valence-corrected chi connectivity index (χ0v) is 14.3. The lowest BCUT2D eigenvalue weighted by atomic mass is 10.0. The Morgan fingerprint density at radius 2 is 1.83 bits per heavy atom. The molecular formula is C18H28N3O2+. The second-order valence-electron chi connectivity index (χ2n) is 6.63. The number of quaternary nitrogens is 1. The molecule has 0 spiro atoms. The van der Waals surface area contributed by atoms with E-state index in [-0.39, 0.29) is 18.4 Å². The third kappa shape index (κ3) is 5.67. The lowest BCUT2D eigenvalue weighted by molar-refractivity contribution is -0.917.